The van der Waals surface area contributed by atoms with Crippen molar-refractivity contribution >= 4 is 51.7 Å². The second kappa shape index (κ2) is 8.86. The van der Waals surface area contributed by atoms with E-state index < -0.39 is 17.6 Å². The molecule has 168 valence electrons. The van der Waals surface area contributed by atoms with Crippen LogP contribution in [0.4, 0.5) is 10.1 Å². The van der Waals surface area contributed by atoms with E-state index in [9.17, 15) is 14.0 Å². The monoisotopic (exact) mass is 579 g/mol. The normalized spacial score (nSPS) is 15.9. The Morgan fingerprint density at radius 2 is 1.79 bits per heavy atom. The quantitative estimate of drug-likeness (QED) is 0.295. The van der Waals surface area contributed by atoms with Crippen LogP contribution in [-0.2, 0) is 16.2 Å². The minimum absolute atomic E-state index is 0.00888. The van der Waals surface area contributed by atoms with Gasteiger partial charge in [-0.3, -0.25) is 9.59 Å². The third-order valence-electron chi connectivity index (χ3n) is 5.55. The van der Waals surface area contributed by atoms with Crippen LogP contribution < -0.4 is 9.64 Å². The van der Waals surface area contributed by atoms with E-state index in [2.05, 4.69) is 32.8 Å². The van der Waals surface area contributed by atoms with Crippen LogP contribution in [0.5, 0.6) is 5.75 Å². The molecule has 1 aromatic heterocycles. The van der Waals surface area contributed by atoms with Crippen molar-refractivity contribution in [3.63, 3.8) is 0 Å². The zero-order valence-corrected chi connectivity index (χ0v) is 20.0. The third kappa shape index (κ3) is 4.04. The van der Waals surface area contributed by atoms with E-state index in [1.807, 2.05) is 24.3 Å². The molecule has 1 aliphatic heterocycles. The summed E-state index contributed by atoms with van der Waals surface area (Å²) >= 11 is 8.33. The molecule has 10 heteroatoms. The Bertz CT molecular complexity index is 1290. The predicted octanol–water partition coefficient (Wildman–Crippen LogP) is 5.46. The van der Waals surface area contributed by atoms with Gasteiger partial charge in [0.2, 0.25) is 5.89 Å². The van der Waals surface area contributed by atoms with E-state index >= 15 is 0 Å². The van der Waals surface area contributed by atoms with Crippen LogP contribution in [0, 0.1) is 9.39 Å². The molecule has 5 rings (SSSR count). The molecule has 7 nitrogen and oxygen atoms in total. The van der Waals surface area contributed by atoms with Gasteiger partial charge >= 0.3 is 0 Å². The van der Waals surface area contributed by atoms with Crippen molar-refractivity contribution in [1.29, 1.82) is 0 Å². The first-order chi connectivity index (χ1) is 15.9. The Morgan fingerprint density at radius 1 is 1.09 bits per heavy atom. The van der Waals surface area contributed by atoms with Gasteiger partial charge in [-0.05, 0) is 66.5 Å². The molecule has 0 unspecified atom stereocenters. The van der Waals surface area contributed by atoms with E-state index in [4.69, 9.17) is 20.8 Å². The summed E-state index contributed by atoms with van der Waals surface area (Å²) in [7, 11) is 0. The van der Waals surface area contributed by atoms with Gasteiger partial charge in [0.1, 0.15) is 11.6 Å². The number of anilines is 1. The molecule has 2 heterocycles. The maximum atomic E-state index is 14.8. The molecule has 2 aromatic carbocycles. The molecule has 1 aliphatic carbocycles. The zero-order valence-electron chi connectivity index (χ0n) is 17.1. The number of hydrogen-bond acceptors (Lipinski definition) is 6. The highest BCUT2D eigenvalue weighted by atomic mass is 127. The average molecular weight is 580 g/mol. The number of nitrogens with zero attached hydrogens (tertiary/aromatic N) is 3. The van der Waals surface area contributed by atoms with Crippen molar-refractivity contribution in [2.24, 2.45) is 0 Å². The molecular formula is C23H16ClFIN3O4. The van der Waals surface area contributed by atoms with Crippen LogP contribution >= 0.6 is 34.2 Å². The lowest BCUT2D eigenvalue weighted by Crippen LogP contribution is -2.32. The van der Waals surface area contributed by atoms with Gasteiger partial charge in [-0.15, -0.1) is 10.2 Å². The van der Waals surface area contributed by atoms with Crippen LogP contribution in [0.2, 0.25) is 5.02 Å². The summed E-state index contributed by atoms with van der Waals surface area (Å²) in [5, 5.41) is 8.01. The van der Waals surface area contributed by atoms with Crippen molar-refractivity contribution in [1.82, 2.24) is 10.2 Å². The van der Waals surface area contributed by atoms with Crippen molar-refractivity contribution in [2.45, 2.75) is 32.3 Å². The fraction of sp³-hybridized carbons (Fsp3) is 0.217. The Morgan fingerprint density at radius 3 is 2.48 bits per heavy atom. The van der Waals surface area contributed by atoms with Crippen LogP contribution in [0.25, 0.3) is 11.5 Å². The average Bonchev–Trinajstić information content (AvgIpc) is 3.37. The number of ether oxygens (including phenoxy) is 1. The number of hydrogen-bond donors (Lipinski definition) is 0. The van der Waals surface area contributed by atoms with Gasteiger partial charge in [0, 0.05) is 20.8 Å². The Hall–Kier alpha value is -2.79. The van der Waals surface area contributed by atoms with E-state index in [0.717, 1.165) is 32.9 Å². The molecule has 0 spiro atoms. The molecule has 0 saturated heterocycles. The molecule has 0 fully saturated rings. The van der Waals surface area contributed by atoms with Crippen LogP contribution in [0.3, 0.4) is 0 Å². The second-order valence-electron chi connectivity index (χ2n) is 7.61. The Kier molecular flexibility index (Phi) is 5.92. The number of aromatic nitrogens is 2. The highest BCUT2D eigenvalue weighted by Gasteiger charge is 2.41. The lowest BCUT2D eigenvalue weighted by Gasteiger charge is -2.18. The first-order valence-corrected chi connectivity index (χ1v) is 11.7. The van der Waals surface area contributed by atoms with E-state index in [1.165, 1.54) is 6.07 Å². The lowest BCUT2D eigenvalue weighted by molar-refractivity contribution is -0.120. The van der Waals surface area contributed by atoms with Crippen LogP contribution in [-0.4, -0.2) is 22.0 Å². The SMILES string of the molecule is O=C1C2=C(CCCC2)C(=O)N1c1cc(OCc2nnc(-c3ccccc3I)o2)c(Cl)cc1F. The first kappa shape index (κ1) is 22.0. The summed E-state index contributed by atoms with van der Waals surface area (Å²) in [6.45, 7) is -0.127. The van der Waals surface area contributed by atoms with Crippen LogP contribution in [0.15, 0.2) is 52.0 Å². The van der Waals surface area contributed by atoms with E-state index in [0.29, 0.717) is 29.9 Å². The number of rotatable bonds is 5. The number of carbonyl (C=O) groups is 2. The molecule has 3 aromatic rings. The van der Waals surface area contributed by atoms with Gasteiger partial charge in [0.05, 0.1) is 16.3 Å². The minimum atomic E-state index is -0.785. The first-order valence-electron chi connectivity index (χ1n) is 10.2. The largest absolute Gasteiger partial charge is 0.482 e. The summed E-state index contributed by atoms with van der Waals surface area (Å²) in [5.74, 6) is -1.13. The maximum absolute atomic E-state index is 14.8. The van der Waals surface area contributed by atoms with Crippen molar-refractivity contribution < 1.29 is 23.1 Å². The summed E-state index contributed by atoms with van der Waals surface area (Å²) in [6.07, 6.45) is 2.71. The number of carbonyl (C=O) groups excluding carboxylic acids is 2. The Labute approximate surface area is 206 Å². The van der Waals surface area contributed by atoms with Crippen molar-refractivity contribution in [3.05, 3.63) is 67.8 Å². The van der Waals surface area contributed by atoms with Gasteiger partial charge in [-0.1, -0.05) is 23.7 Å². The highest BCUT2D eigenvalue weighted by molar-refractivity contribution is 14.1. The molecule has 0 N–H and O–H groups in total. The topological polar surface area (TPSA) is 85.5 Å². The van der Waals surface area contributed by atoms with Crippen molar-refractivity contribution in [3.8, 4) is 17.2 Å². The van der Waals surface area contributed by atoms with E-state index in [-0.39, 0.29) is 29.0 Å². The molecular weight excluding hydrogens is 564 g/mol. The van der Waals surface area contributed by atoms with Gasteiger partial charge < -0.3 is 9.15 Å². The summed E-state index contributed by atoms with van der Waals surface area (Å²) in [5.41, 5.74) is 1.54. The smallest absolute Gasteiger partial charge is 0.261 e. The third-order valence-corrected chi connectivity index (χ3v) is 6.79. The number of amides is 2. The van der Waals surface area contributed by atoms with Crippen LogP contribution in [0.1, 0.15) is 31.6 Å². The Balaban J connectivity index is 1.38. The predicted molar refractivity (Wildman–Crippen MR) is 126 cm³/mol. The lowest BCUT2D eigenvalue weighted by atomic mass is 9.93. The molecule has 2 amide bonds. The molecule has 0 bridgehead atoms. The zero-order chi connectivity index (χ0) is 23.1. The van der Waals surface area contributed by atoms with E-state index in [1.54, 1.807) is 0 Å². The summed E-state index contributed by atoms with van der Waals surface area (Å²) in [4.78, 5) is 26.5. The van der Waals surface area contributed by atoms with Gasteiger partial charge in [0.15, 0.2) is 6.61 Å². The minimum Gasteiger partial charge on any atom is -0.482 e. The standard InChI is InChI=1S/C23H16ClFIN3O4/c24-15-9-16(25)18(29-22(30)12-5-1-2-6-13(12)23(29)31)10-19(15)32-11-20-27-28-21(33-20)14-7-3-4-8-17(14)26/h3-4,7-10H,1-2,5-6,11H2. The molecule has 0 atom stereocenters. The molecule has 33 heavy (non-hydrogen) atoms. The number of benzene rings is 2. The van der Waals surface area contributed by atoms with Crippen molar-refractivity contribution in [2.75, 3.05) is 4.90 Å². The molecule has 2 aliphatic rings. The summed E-state index contributed by atoms with van der Waals surface area (Å²) < 4.78 is 27.1. The summed E-state index contributed by atoms with van der Waals surface area (Å²) in [6, 6.07) is 9.83. The fourth-order valence-corrected chi connectivity index (χ4v) is 4.78. The second-order valence-corrected chi connectivity index (χ2v) is 9.18. The molecule has 0 saturated carbocycles. The number of imide groups is 1. The highest BCUT2D eigenvalue weighted by Crippen LogP contribution is 2.39. The van der Waals surface area contributed by atoms with Gasteiger partial charge in [-0.25, -0.2) is 9.29 Å². The van der Waals surface area contributed by atoms with Gasteiger partial charge in [0.25, 0.3) is 17.7 Å². The number of halogens is 3. The molecule has 0 radical (unpaired) electrons. The van der Waals surface area contributed by atoms with Gasteiger partial charge in [-0.2, -0.15) is 0 Å². The maximum Gasteiger partial charge on any atom is 0.261 e. The fourth-order valence-electron chi connectivity index (χ4n) is 3.95.